The number of nitrogens with zero attached hydrogens (tertiary/aromatic N) is 2. The number of halogens is 1. The average Bonchev–Trinajstić information content (AvgIpc) is 2.77. The van der Waals surface area contributed by atoms with E-state index in [1.807, 2.05) is 43.3 Å². The Kier molecular flexibility index (Phi) is 7.06. The van der Waals surface area contributed by atoms with Gasteiger partial charge in [-0.15, -0.1) is 0 Å². The summed E-state index contributed by atoms with van der Waals surface area (Å²) in [6.07, 6.45) is 1.46. The second kappa shape index (κ2) is 10.1. The molecule has 1 amide bonds. The van der Waals surface area contributed by atoms with E-state index in [1.54, 1.807) is 36.4 Å². The molecule has 0 aliphatic carbocycles. The highest BCUT2D eigenvalue weighted by Gasteiger charge is 2.11. The van der Waals surface area contributed by atoms with E-state index in [9.17, 15) is 10.1 Å². The van der Waals surface area contributed by atoms with E-state index in [1.165, 1.54) is 6.08 Å². The van der Waals surface area contributed by atoms with Crippen molar-refractivity contribution in [1.82, 2.24) is 0 Å². The molecular weight excluding hydrogens is 410 g/mol. The van der Waals surface area contributed by atoms with Gasteiger partial charge in [-0.25, -0.2) is 0 Å². The van der Waals surface area contributed by atoms with Crippen molar-refractivity contribution in [1.29, 1.82) is 10.5 Å². The highest BCUT2D eigenvalue weighted by atomic mass is 35.5. The van der Waals surface area contributed by atoms with Gasteiger partial charge in [0.1, 0.15) is 24.0 Å². The zero-order chi connectivity index (χ0) is 22.2. The molecular formula is C25H18ClN3O2. The molecule has 0 radical (unpaired) electrons. The molecule has 0 fully saturated rings. The maximum atomic E-state index is 12.4. The number of rotatable bonds is 6. The molecule has 0 bridgehead atoms. The Morgan fingerprint density at radius 2 is 1.90 bits per heavy atom. The van der Waals surface area contributed by atoms with E-state index in [0.717, 1.165) is 11.1 Å². The minimum atomic E-state index is -0.502. The molecule has 3 aromatic rings. The first-order valence-corrected chi connectivity index (χ1v) is 9.78. The lowest BCUT2D eigenvalue weighted by atomic mass is 10.1. The molecule has 0 aliphatic rings. The summed E-state index contributed by atoms with van der Waals surface area (Å²) in [7, 11) is 0. The van der Waals surface area contributed by atoms with Crippen LogP contribution in [-0.2, 0) is 11.4 Å². The van der Waals surface area contributed by atoms with Crippen LogP contribution in [0.2, 0.25) is 5.02 Å². The summed E-state index contributed by atoms with van der Waals surface area (Å²) < 4.78 is 5.74. The number of nitrogens with one attached hydrogen (secondary N) is 1. The molecule has 0 saturated carbocycles. The number of hydrogen-bond acceptors (Lipinski definition) is 4. The Morgan fingerprint density at radius 1 is 1.10 bits per heavy atom. The lowest BCUT2D eigenvalue weighted by Crippen LogP contribution is -2.13. The van der Waals surface area contributed by atoms with Crippen molar-refractivity contribution >= 4 is 29.3 Å². The number of aryl methyl sites for hydroxylation is 1. The fourth-order valence-electron chi connectivity index (χ4n) is 2.87. The molecule has 0 spiro atoms. The van der Waals surface area contributed by atoms with E-state index >= 15 is 0 Å². The molecule has 5 nitrogen and oxygen atoms in total. The Hall–Kier alpha value is -4.06. The highest BCUT2D eigenvalue weighted by molar-refractivity contribution is 6.32. The lowest BCUT2D eigenvalue weighted by molar-refractivity contribution is -0.112. The number of carbonyl (C=O) groups excluding carboxylic acids is 1. The van der Waals surface area contributed by atoms with Crippen LogP contribution in [0.5, 0.6) is 5.75 Å². The van der Waals surface area contributed by atoms with Crippen molar-refractivity contribution < 1.29 is 9.53 Å². The second-order valence-corrected chi connectivity index (χ2v) is 7.15. The molecule has 3 rings (SSSR count). The number of amides is 1. The fraction of sp³-hybridized carbons (Fsp3) is 0.0800. The summed E-state index contributed by atoms with van der Waals surface area (Å²) in [6.45, 7) is 2.11. The van der Waals surface area contributed by atoms with Gasteiger partial charge in [0.25, 0.3) is 5.91 Å². The molecule has 0 unspecified atom stereocenters. The van der Waals surface area contributed by atoms with Gasteiger partial charge in [-0.3, -0.25) is 4.79 Å². The van der Waals surface area contributed by atoms with Crippen LogP contribution in [0.4, 0.5) is 5.69 Å². The van der Waals surface area contributed by atoms with Gasteiger partial charge in [-0.2, -0.15) is 10.5 Å². The van der Waals surface area contributed by atoms with Crippen molar-refractivity contribution in [3.8, 4) is 17.9 Å². The maximum absolute atomic E-state index is 12.4. The van der Waals surface area contributed by atoms with E-state index in [4.69, 9.17) is 21.6 Å². The Morgan fingerprint density at radius 3 is 2.61 bits per heavy atom. The predicted octanol–water partition coefficient (Wildman–Crippen LogP) is 5.64. The van der Waals surface area contributed by atoms with Crippen LogP contribution in [0.1, 0.15) is 22.3 Å². The molecule has 152 valence electrons. The molecule has 0 aromatic heterocycles. The lowest BCUT2D eigenvalue weighted by Gasteiger charge is -2.10. The molecule has 6 heteroatoms. The normalized spacial score (nSPS) is 10.6. The quantitative estimate of drug-likeness (QED) is 0.407. The van der Waals surface area contributed by atoms with Gasteiger partial charge in [0.2, 0.25) is 0 Å². The average molecular weight is 428 g/mol. The summed E-state index contributed by atoms with van der Waals surface area (Å²) in [5.74, 6) is -0.0630. The zero-order valence-electron chi connectivity index (χ0n) is 16.7. The van der Waals surface area contributed by atoms with E-state index in [0.29, 0.717) is 27.6 Å². The van der Waals surface area contributed by atoms with Gasteiger partial charge in [0.15, 0.2) is 0 Å². The molecule has 0 saturated heterocycles. The van der Waals surface area contributed by atoms with Crippen LogP contribution in [0, 0.1) is 29.6 Å². The Balaban J connectivity index is 1.73. The van der Waals surface area contributed by atoms with Gasteiger partial charge >= 0.3 is 0 Å². The van der Waals surface area contributed by atoms with E-state index in [2.05, 4.69) is 11.4 Å². The van der Waals surface area contributed by atoms with Crippen LogP contribution in [0.25, 0.3) is 6.08 Å². The molecule has 3 aromatic carbocycles. The standard InChI is InChI=1S/C25H18ClN3O2/c1-17-5-4-8-22(11-17)29-25(30)21(15-28)12-18-9-10-24(23(26)13-18)31-16-20-7-3-2-6-19(20)14-27/h2-13H,16H2,1H3,(H,29,30)/b21-12+. The molecule has 0 heterocycles. The molecule has 0 aliphatic heterocycles. The summed E-state index contributed by atoms with van der Waals surface area (Å²) in [5, 5.41) is 21.6. The summed E-state index contributed by atoms with van der Waals surface area (Å²) in [6, 6.07) is 23.5. The monoisotopic (exact) mass is 427 g/mol. The maximum Gasteiger partial charge on any atom is 0.266 e. The van der Waals surface area contributed by atoms with Crippen LogP contribution in [-0.4, -0.2) is 5.91 Å². The number of benzene rings is 3. The van der Waals surface area contributed by atoms with Crippen molar-refractivity contribution in [2.24, 2.45) is 0 Å². The first kappa shape index (κ1) is 21.6. The number of nitriles is 2. The van der Waals surface area contributed by atoms with Crippen LogP contribution in [0.3, 0.4) is 0 Å². The van der Waals surface area contributed by atoms with Gasteiger partial charge in [0.05, 0.1) is 16.7 Å². The fourth-order valence-corrected chi connectivity index (χ4v) is 3.11. The van der Waals surface area contributed by atoms with Crippen molar-refractivity contribution in [2.75, 3.05) is 5.32 Å². The van der Waals surface area contributed by atoms with Gasteiger partial charge in [-0.1, -0.05) is 48.0 Å². The summed E-state index contributed by atoms with van der Waals surface area (Å²) in [4.78, 5) is 12.4. The van der Waals surface area contributed by atoms with Gasteiger partial charge < -0.3 is 10.1 Å². The van der Waals surface area contributed by atoms with Crippen LogP contribution < -0.4 is 10.1 Å². The largest absolute Gasteiger partial charge is 0.487 e. The van der Waals surface area contributed by atoms with Crippen LogP contribution in [0.15, 0.2) is 72.3 Å². The summed E-state index contributed by atoms with van der Waals surface area (Å²) in [5.41, 5.74) is 3.45. The second-order valence-electron chi connectivity index (χ2n) is 6.74. The van der Waals surface area contributed by atoms with Crippen molar-refractivity contribution in [3.05, 3.63) is 99.6 Å². The SMILES string of the molecule is Cc1cccc(NC(=O)/C(C#N)=C/c2ccc(OCc3ccccc3C#N)c(Cl)c2)c1. The van der Waals surface area contributed by atoms with E-state index in [-0.39, 0.29) is 12.2 Å². The number of hydrogen-bond donors (Lipinski definition) is 1. The highest BCUT2D eigenvalue weighted by Crippen LogP contribution is 2.27. The third-order valence-corrected chi connectivity index (χ3v) is 4.72. The smallest absolute Gasteiger partial charge is 0.266 e. The molecule has 31 heavy (non-hydrogen) atoms. The molecule has 0 atom stereocenters. The third kappa shape index (κ3) is 5.73. The Bertz CT molecular complexity index is 1240. The van der Waals surface area contributed by atoms with Gasteiger partial charge in [-0.05, 0) is 54.5 Å². The van der Waals surface area contributed by atoms with Gasteiger partial charge in [0, 0.05) is 11.3 Å². The van der Waals surface area contributed by atoms with Crippen molar-refractivity contribution in [2.45, 2.75) is 13.5 Å². The Labute approximate surface area is 185 Å². The zero-order valence-corrected chi connectivity index (χ0v) is 17.5. The topological polar surface area (TPSA) is 85.9 Å². The predicted molar refractivity (Wildman–Crippen MR) is 120 cm³/mol. The first-order chi connectivity index (χ1) is 15.0. The summed E-state index contributed by atoms with van der Waals surface area (Å²) >= 11 is 6.32. The molecule has 1 N–H and O–H groups in total. The minimum absolute atomic E-state index is 0.0470. The number of ether oxygens (including phenoxy) is 1. The minimum Gasteiger partial charge on any atom is -0.487 e. The van der Waals surface area contributed by atoms with Crippen LogP contribution >= 0.6 is 11.6 Å². The first-order valence-electron chi connectivity index (χ1n) is 9.40. The number of carbonyl (C=O) groups is 1. The van der Waals surface area contributed by atoms with E-state index < -0.39 is 5.91 Å². The third-order valence-electron chi connectivity index (χ3n) is 4.43. The number of anilines is 1. The van der Waals surface area contributed by atoms with Crippen molar-refractivity contribution in [3.63, 3.8) is 0 Å².